The number of nitrogens with zero attached hydrogens (tertiary/aromatic N) is 3. The molecule has 0 aliphatic carbocycles. The summed E-state index contributed by atoms with van der Waals surface area (Å²) in [6, 6.07) is 3.32. The fraction of sp³-hybridized carbons (Fsp3) is 0.308. The summed E-state index contributed by atoms with van der Waals surface area (Å²) in [5, 5.41) is 30.2. The summed E-state index contributed by atoms with van der Waals surface area (Å²) in [5.74, 6) is -0.561. The highest BCUT2D eigenvalue weighted by Gasteiger charge is 2.20. The lowest BCUT2D eigenvalue weighted by molar-refractivity contribution is 0.178. The first-order chi connectivity index (χ1) is 13.2. The van der Waals surface area contributed by atoms with Crippen LogP contribution in [0.15, 0.2) is 32.5 Å². The molecule has 0 radical (unpaired) electrons. The molecule has 1 aromatic heterocycles. The maximum absolute atomic E-state index is 13.3. The van der Waals surface area contributed by atoms with Gasteiger partial charge < -0.3 is 20.6 Å². The van der Waals surface area contributed by atoms with Gasteiger partial charge in [0.05, 0.1) is 17.1 Å². The summed E-state index contributed by atoms with van der Waals surface area (Å²) >= 11 is 3.05. The van der Waals surface area contributed by atoms with Crippen LogP contribution in [0.2, 0.25) is 0 Å². The summed E-state index contributed by atoms with van der Waals surface area (Å²) < 4.78 is 47.7. The van der Waals surface area contributed by atoms with Crippen LogP contribution < -0.4 is 20.5 Å². The third kappa shape index (κ3) is 6.38. The zero-order valence-corrected chi connectivity index (χ0v) is 16.8. The van der Waals surface area contributed by atoms with E-state index in [1.165, 1.54) is 25.3 Å². The van der Waals surface area contributed by atoms with Crippen LogP contribution in [-0.2, 0) is 14.9 Å². The van der Waals surface area contributed by atoms with E-state index in [0.717, 1.165) is 0 Å². The zero-order chi connectivity index (χ0) is 20.7. The molecule has 1 unspecified atom stereocenters. The average Bonchev–Trinajstić information content (AvgIpc) is 3.08. The number of oxime groups is 1. The van der Waals surface area contributed by atoms with E-state index >= 15 is 0 Å². The van der Waals surface area contributed by atoms with Gasteiger partial charge in [-0.05, 0) is 44.4 Å². The van der Waals surface area contributed by atoms with Crippen molar-refractivity contribution in [3.63, 3.8) is 0 Å². The molecule has 28 heavy (non-hydrogen) atoms. The highest BCUT2D eigenvalue weighted by atomic mass is 79.9. The maximum atomic E-state index is 13.3. The standard InChI is InChI=1S/C13H17BrFN7O5S/c1-26-6-8(22-28(16,24)25)5-17-12-11(20-27-21-12)13(19-23)18-7-2-3-10(15)9(14)4-7/h2-4,8,22-23H,5-6H2,1H3,(H,17,21)(H,18,19)(H2,16,24,25). The SMILES string of the molecule is COCC(CNc1nonc1C(=NO)Nc1ccc(F)c(Br)c1)NS(N)(=O)=O. The Morgan fingerprint density at radius 1 is 1.50 bits per heavy atom. The molecule has 0 saturated carbocycles. The molecule has 0 fully saturated rings. The topological polar surface area (TPSA) is 177 Å². The van der Waals surface area contributed by atoms with Crippen LogP contribution >= 0.6 is 15.9 Å². The number of hydrogen-bond acceptors (Lipinski definition) is 9. The molecule has 15 heteroatoms. The highest BCUT2D eigenvalue weighted by molar-refractivity contribution is 9.10. The quantitative estimate of drug-likeness (QED) is 0.147. The number of nitrogens with one attached hydrogen (secondary N) is 3. The molecular formula is C13H17BrFN7O5S. The lowest BCUT2D eigenvalue weighted by Crippen LogP contribution is -2.45. The van der Waals surface area contributed by atoms with Crippen molar-refractivity contribution < 1.29 is 27.4 Å². The molecule has 1 heterocycles. The molecule has 2 rings (SSSR count). The molecule has 12 nitrogen and oxygen atoms in total. The summed E-state index contributed by atoms with van der Waals surface area (Å²) in [6.45, 7) is 0.0269. The van der Waals surface area contributed by atoms with Crippen molar-refractivity contribution in [3.05, 3.63) is 34.2 Å². The number of amidine groups is 1. The number of hydrogen-bond donors (Lipinski definition) is 5. The minimum atomic E-state index is -3.96. The summed E-state index contributed by atoms with van der Waals surface area (Å²) in [6.07, 6.45) is 0. The fourth-order valence-electron chi connectivity index (χ4n) is 2.09. The van der Waals surface area contributed by atoms with Gasteiger partial charge in [-0.25, -0.2) is 14.2 Å². The van der Waals surface area contributed by atoms with Gasteiger partial charge in [0.25, 0.3) is 10.2 Å². The first kappa shape index (κ1) is 22.0. The molecular weight excluding hydrogens is 465 g/mol. The van der Waals surface area contributed by atoms with Crippen molar-refractivity contribution in [1.29, 1.82) is 0 Å². The second-order valence-corrected chi connectivity index (χ2v) is 7.54. The van der Waals surface area contributed by atoms with Crippen molar-refractivity contribution in [2.24, 2.45) is 10.3 Å². The maximum Gasteiger partial charge on any atom is 0.274 e. The zero-order valence-electron chi connectivity index (χ0n) is 14.4. The smallest absolute Gasteiger partial charge is 0.274 e. The third-order valence-electron chi connectivity index (χ3n) is 3.21. The number of ether oxygens (including phenoxy) is 1. The van der Waals surface area contributed by atoms with Crippen molar-refractivity contribution in [3.8, 4) is 0 Å². The van der Waals surface area contributed by atoms with Crippen LogP contribution in [0.25, 0.3) is 0 Å². The molecule has 0 saturated heterocycles. The predicted molar refractivity (Wildman–Crippen MR) is 101 cm³/mol. The minimum absolute atomic E-state index is 0.00489. The molecule has 0 aliphatic heterocycles. The van der Waals surface area contributed by atoms with Crippen molar-refractivity contribution in [2.45, 2.75) is 6.04 Å². The number of halogens is 2. The number of methoxy groups -OCH3 is 1. The van der Waals surface area contributed by atoms with E-state index in [4.69, 9.17) is 9.88 Å². The molecule has 0 spiro atoms. The van der Waals surface area contributed by atoms with Crippen LogP contribution in [0.5, 0.6) is 0 Å². The molecule has 154 valence electrons. The predicted octanol–water partition coefficient (Wildman–Crippen LogP) is 0.439. The van der Waals surface area contributed by atoms with E-state index in [2.05, 4.69) is 51.4 Å². The van der Waals surface area contributed by atoms with E-state index in [-0.39, 0.29) is 35.0 Å². The largest absolute Gasteiger partial charge is 0.409 e. The van der Waals surface area contributed by atoms with Crippen molar-refractivity contribution in [1.82, 2.24) is 15.0 Å². The Morgan fingerprint density at radius 3 is 2.86 bits per heavy atom. The van der Waals surface area contributed by atoms with Gasteiger partial charge in [0.2, 0.25) is 11.7 Å². The summed E-state index contributed by atoms with van der Waals surface area (Å²) in [7, 11) is -2.57. The van der Waals surface area contributed by atoms with Gasteiger partial charge in [-0.3, -0.25) is 0 Å². The fourth-order valence-corrected chi connectivity index (χ4v) is 3.08. The third-order valence-corrected chi connectivity index (χ3v) is 4.48. The van der Waals surface area contributed by atoms with Crippen LogP contribution in [0.1, 0.15) is 5.69 Å². The lowest BCUT2D eigenvalue weighted by atomic mass is 10.3. The van der Waals surface area contributed by atoms with E-state index in [0.29, 0.717) is 5.69 Å². The van der Waals surface area contributed by atoms with Crippen LogP contribution in [0.4, 0.5) is 15.9 Å². The Labute approximate surface area is 167 Å². The molecule has 1 atom stereocenters. The van der Waals surface area contributed by atoms with Gasteiger partial charge in [0, 0.05) is 19.3 Å². The van der Waals surface area contributed by atoms with Gasteiger partial charge >= 0.3 is 0 Å². The number of rotatable bonds is 9. The van der Waals surface area contributed by atoms with Crippen LogP contribution in [0.3, 0.4) is 0 Å². The Balaban J connectivity index is 2.12. The van der Waals surface area contributed by atoms with Crippen molar-refractivity contribution in [2.75, 3.05) is 30.9 Å². The molecule has 2 aromatic rings. The Morgan fingerprint density at radius 2 is 2.25 bits per heavy atom. The molecule has 6 N–H and O–H groups in total. The van der Waals surface area contributed by atoms with E-state index in [1.54, 1.807) is 0 Å². The minimum Gasteiger partial charge on any atom is -0.409 e. The number of anilines is 2. The van der Waals surface area contributed by atoms with Gasteiger partial charge in [0.1, 0.15) is 5.82 Å². The van der Waals surface area contributed by atoms with E-state index in [9.17, 15) is 18.0 Å². The van der Waals surface area contributed by atoms with Gasteiger partial charge in [-0.2, -0.15) is 13.1 Å². The monoisotopic (exact) mass is 481 g/mol. The number of benzene rings is 1. The Hall–Kier alpha value is -2.33. The normalized spacial score (nSPS) is 13.4. The molecule has 0 amide bonds. The lowest BCUT2D eigenvalue weighted by Gasteiger charge is -2.16. The second kappa shape index (κ2) is 9.74. The Kier molecular flexibility index (Phi) is 7.64. The molecule has 0 aliphatic rings. The molecule has 0 bridgehead atoms. The first-order valence-electron chi connectivity index (χ1n) is 7.53. The van der Waals surface area contributed by atoms with Gasteiger partial charge in [-0.1, -0.05) is 5.16 Å². The highest BCUT2D eigenvalue weighted by Crippen LogP contribution is 2.21. The molecule has 1 aromatic carbocycles. The van der Waals surface area contributed by atoms with E-state index < -0.39 is 22.1 Å². The summed E-state index contributed by atoms with van der Waals surface area (Å²) in [4.78, 5) is 0. The van der Waals surface area contributed by atoms with Crippen LogP contribution in [0, 0.1) is 5.82 Å². The number of nitrogens with two attached hydrogens (primary N) is 1. The first-order valence-corrected chi connectivity index (χ1v) is 9.87. The van der Waals surface area contributed by atoms with E-state index in [1.807, 2.05) is 0 Å². The summed E-state index contributed by atoms with van der Waals surface area (Å²) in [5.41, 5.74) is 0.387. The number of aromatic nitrogens is 2. The van der Waals surface area contributed by atoms with Crippen LogP contribution in [-0.4, -0.2) is 56.1 Å². The van der Waals surface area contributed by atoms with Crippen molar-refractivity contribution >= 4 is 43.5 Å². The van der Waals surface area contributed by atoms with Gasteiger partial charge in [-0.15, -0.1) is 0 Å². The average molecular weight is 482 g/mol. The van der Waals surface area contributed by atoms with Gasteiger partial charge in [0.15, 0.2) is 5.69 Å². The second-order valence-electron chi connectivity index (χ2n) is 5.36. The Bertz CT molecular complexity index is 939.